The van der Waals surface area contributed by atoms with Crippen molar-refractivity contribution in [3.8, 4) is 0 Å². The van der Waals surface area contributed by atoms with Gasteiger partial charge in [0, 0.05) is 0 Å². The molecule has 0 aliphatic carbocycles. The Balaban J connectivity index is 2.08. The van der Waals surface area contributed by atoms with E-state index < -0.39 is 13.7 Å². The highest BCUT2D eigenvalue weighted by atomic mass is 28.3. The van der Waals surface area contributed by atoms with Crippen molar-refractivity contribution in [3.63, 3.8) is 0 Å². The maximum atomic E-state index is 10.7. The van der Waals surface area contributed by atoms with Crippen LogP contribution in [0.1, 0.15) is 18.9 Å². The fourth-order valence-electron chi connectivity index (χ4n) is 2.53. The van der Waals surface area contributed by atoms with E-state index in [9.17, 15) is 5.11 Å². The Hall–Kier alpha value is -1.38. The number of hydrogen-bond donors (Lipinski definition) is 1. The third-order valence-electron chi connectivity index (χ3n) is 4.19. The molecule has 0 saturated heterocycles. The molecule has 0 saturated carbocycles. The van der Waals surface area contributed by atoms with Gasteiger partial charge >= 0.3 is 0 Å². The molecule has 2 aromatic rings. The van der Waals surface area contributed by atoms with Gasteiger partial charge < -0.3 is 5.11 Å². The van der Waals surface area contributed by atoms with E-state index in [1.807, 2.05) is 37.3 Å². The average molecular weight is 284 g/mol. The molecule has 0 bridgehead atoms. The highest BCUT2D eigenvalue weighted by Crippen LogP contribution is 2.28. The van der Waals surface area contributed by atoms with Gasteiger partial charge in [0.15, 0.2) is 0 Å². The molecule has 2 heteroatoms. The minimum absolute atomic E-state index is 0.736. The molecule has 2 aromatic carbocycles. The van der Waals surface area contributed by atoms with Gasteiger partial charge in [-0.05, 0) is 18.9 Å². The molecule has 2 rings (SSSR count). The summed E-state index contributed by atoms with van der Waals surface area (Å²) in [5, 5.41) is 12.2. The lowest BCUT2D eigenvalue weighted by atomic mass is 9.93. The van der Waals surface area contributed by atoms with Gasteiger partial charge in [-0.15, -0.1) is 0 Å². The van der Waals surface area contributed by atoms with Crippen molar-refractivity contribution < 1.29 is 5.11 Å². The summed E-state index contributed by atoms with van der Waals surface area (Å²) in [6.07, 6.45) is 0.811. The van der Waals surface area contributed by atoms with Crippen LogP contribution < -0.4 is 5.19 Å². The summed E-state index contributed by atoms with van der Waals surface area (Å²) < 4.78 is 0. The molecular formula is C18H24OSi. The van der Waals surface area contributed by atoms with E-state index in [-0.39, 0.29) is 0 Å². The van der Waals surface area contributed by atoms with Crippen LogP contribution >= 0.6 is 0 Å². The Kier molecular flexibility index (Phi) is 4.46. The minimum Gasteiger partial charge on any atom is -0.385 e. The number of hydrogen-bond acceptors (Lipinski definition) is 1. The maximum absolute atomic E-state index is 10.7. The van der Waals surface area contributed by atoms with Crippen LogP contribution in [0.3, 0.4) is 0 Å². The van der Waals surface area contributed by atoms with Gasteiger partial charge in [0.1, 0.15) is 0 Å². The lowest BCUT2D eigenvalue weighted by Gasteiger charge is -2.29. The third kappa shape index (κ3) is 3.59. The fraction of sp³-hybridized carbons (Fsp3) is 0.333. The molecule has 0 heterocycles. The van der Waals surface area contributed by atoms with Gasteiger partial charge in [-0.2, -0.15) is 0 Å². The van der Waals surface area contributed by atoms with Crippen molar-refractivity contribution in [2.24, 2.45) is 0 Å². The monoisotopic (exact) mass is 284 g/mol. The summed E-state index contributed by atoms with van der Waals surface area (Å²) in [4.78, 5) is 0. The molecule has 0 amide bonds. The van der Waals surface area contributed by atoms with Gasteiger partial charge in [-0.3, -0.25) is 0 Å². The van der Waals surface area contributed by atoms with Crippen LogP contribution in [0.15, 0.2) is 60.7 Å². The smallest absolute Gasteiger partial charge is 0.0866 e. The number of rotatable bonds is 5. The van der Waals surface area contributed by atoms with Crippen molar-refractivity contribution in [1.29, 1.82) is 0 Å². The van der Waals surface area contributed by atoms with E-state index in [1.54, 1.807) is 0 Å². The second-order valence-corrected chi connectivity index (χ2v) is 11.2. The van der Waals surface area contributed by atoms with Gasteiger partial charge in [0.05, 0.1) is 13.7 Å². The molecule has 0 aliphatic rings. The molecule has 106 valence electrons. The van der Waals surface area contributed by atoms with Crippen molar-refractivity contribution in [3.05, 3.63) is 66.2 Å². The van der Waals surface area contributed by atoms with E-state index in [0.717, 1.165) is 18.0 Å². The molecule has 20 heavy (non-hydrogen) atoms. The molecular weight excluding hydrogens is 260 g/mol. The predicted octanol–water partition coefficient (Wildman–Crippen LogP) is 3.90. The molecule has 0 aliphatic heterocycles. The average Bonchev–Trinajstić information content (AvgIpc) is 2.47. The fourth-order valence-corrected chi connectivity index (χ4v) is 5.03. The van der Waals surface area contributed by atoms with Crippen LogP contribution in [0.2, 0.25) is 19.1 Å². The molecule has 0 aromatic heterocycles. The highest BCUT2D eigenvalue weighted by Gasteiger charge is 2.29. The quantitative estimate of drug-likeness (QED) is 0.826. The summed E-state index contributed by atoms with van der Waals surface area (Å²) in [6.45, 7) is 6.69. The molecule has 0 spiro atoms. The second kappa shape index (κ2) is 5.94. The Morgan fingerprint density at radius 1 is 0.900 bits per heavy atom. The second-order valence-electron chi connectivity index (χ2n) is 6.39. The van der Waals surface area contributed by atoms with Crippen molar-refractivity contribution in [1.82, 2.24) is 0 Å². The van der Waals surface area contributed by atoms with Gasteiger partial charge in [-0.25, -0.2) is 0 Å². The topological polar surface area (TPSA) is 20.2 Å². The van der Waals surface area contributed by atoms with Crippen LogP contribution in [-0.4, -0.2) is 13.2 Å². The summed E-state index contributed by atoms with van der Waals surface area (Å²) in [5.41, 5.74) is 0.276. The van der Waals surface area contributed by atoms with Crippen molar-refractivity contribution in [2.75, 3.05) is 0 Å². The van der Waals surface area contributed by atoms with Crippen LogP contribution in [0.5, 0.6) is 0 Å². The van der Waals surface area contributed by atoms with Crippen LogP contribution in [0.4, 0.5) is 0 Å². The Morgan fingerprint density at radius 2 is 1.40 bits per heavy atom. The maximum Gasteiger partial charge on any atom is 0.0866 e. The predicted molar refractivity (Wildman–Crippen MR) is 89.0 cm³/mol. The summed E-state index contributed by atoms with van der Waals surface area (Å²) >= 11 is 0. The zero-order valence-electron chi connectivity index (χ0n) is 12.6. The van der Waals surface area contributed by atoms with E-state index in [4.69, 9.17) is 0 Å². The first-order valence-electron chi connectivity index (χ1n) is 7.25. The minimum atomic E-state index is -1.48. The Morgan fingerprint density at radius 3 is 1.95 bits per heavy atom. The Labute approximate surface area is 123 Å². The molecule has 1 unspecified atom stereocenters. The molecule has 1 atom stereocenters. The third-order valence-corrected chi connectivity index (χ3v) is 7.58. The summed E-state index contributed by atoms with van der Waals surface area (Å²) in [7, 11) is -1.48. The Bertz CT molecular complexity index is 480. The standard InChI is InChI=1S/C18H24OSi/c1-18(19,16-10-6-4-7-11-16)14-15-20(2,3)17-12-8-5-9-13-17/h4-13,19H,14-15H2,1-3H3. The largest absolute Gasteiger partial charge is 0.385 e. The van der Waals surface area contributed by atoms with Crippen molar-refractivity contribution >= 4 is 13.3 Å². The van der Waals surface area contributed by atoms with E-state index in [0.29, 0.717) is 0 Å². The lowest BCUT2D eigenvalue weighted by Crippen LogP contribution is -2.42. The normalized spacial score (nSPS) is 14.8. The van der Waals surface area contributed by atoms with Crippen LogP contribution in [0, 0.1) is 0 Å². The first-order chi connectivity index (χ1) is 9.42. The molecule has 1 N–H and O–H groups in total. The number of benzene rings is 2. The van der Waals surface area contributed by atoms with Crippen LogP contribution in [-0.2, 0) is 5.60 Å². The first-order valence-corrected chi connectivity index (χ1v) is 10.5. The summed E-state index contributed by atoms with van der Waals surface area (Å²) in [5.74, 6) is 0. The SMILES string of the molecule is CC(O)(CC[Si](C)(C)c1ccccc1)c1ccccc1. The molecule has 0 radical (unpaired) electrons. The van der Waals surface area contributed by atoms with Gasteiger partial charge in [0.25, 0.3) is 0 Å². The zero-order valence-corrected chi connectivity index (χ0v) is 13.6. The van der Waals surface area contributed by atoms with Gasteiger partial charge in [0.2, 0.25) is 0 Å². The number of aliphatic hydroxyl groups is 1. The molecule has 0 fully saturated rings. The van der Waals surface area contributed by atoms with Crippen molar-refractivity contribution in [2.45, 2.75) is 38.1 Å². The highest BCUT2D eigenvalue weighted by molar-refractivity contribution is 6.89. The summed E-state index contributed by atoms with van der Waals surface area (Å²) in [6, 6.07) is 21.8. The van der Waals surface area contributed by atoms with Crippen LogP contribution in [0.25, 0.3) is 0 Å². The van der Waals surface area contributed by atoms with E-state index in [1.165, 1.54) is 5.19 Å². The van der Waals surface area contributed by atoms with E-state index >= 15 is 0 Å². The van der Waals surface area contributed by atoms with Gasteiger partial charge in [-0.1, -0.05) is 85.0 Å². The van der Waals surface area contributed by atoms with E-state index in [2.05, 4.69) is 43.4 Å². The molecule has 1 nitrogen and oxygen atoms in total. The zero-order chi connectivity index (χ0) is 14.6. The first kappa shape index (κ1) is 15.0. The lowest BCUT2D eigenvalue weighted by molar-refractivity contribution is 0.0528.